The molecular weight excluding hydrogens is 214 g/mol. The third-order valence-electron chi connectivity index (χ3n) is 2.86. The Morgan fingerprint density at radius 1 is 1.00 bits per heavy atom. The third kappa shape index (κ3) is 5.48. The number of nitrogens with zero attached hydrogens (tertiary/aromatic N) is 1. The monoisotopic (exact) mass is 234 g/mol. The van der Waals surface area contributed by atoms with Crippen LogP contribution in [0.1, 0.15) is 44.1 Å². The molecule has 0 fully saturated rings. The highest BCUT2D eigenvalue weighted by Crippen LogP contribution is 2.14. The van der Waals surface area contributed by atoms with Crippen LogP contribution in [0.15, 0.2) is 24.3 Å². The largest absolute Gasteiger partial charge is 0.269 e. The second-order valence-electron chi connectivity index (χ2n) is 4.29. The molecule has 0 unspecified atom stereocenters. The molecule has 1 rings (SSSR count). The maximum Gasteiger partial charge on any atom is 0.269 e. The maximum atomic E-state index is 10.5. The van der Waals surface area contributed by atoms with Gasteiger partial charge < -0.3 is 0 Å². The zero-order valence-electron chi connectivity index (χ0n) is 10.2. The van der Waals surface area contributed by atoms with Crippen LogP contribution in [0.5, 0.6) is 0 Å². The molecule has 0 saturated carbocycles. The molecule has 93 valence electrons. The summed E-state index contributed by atoms with van der Waals surface area (Å²) in [7, 11) is 0. The van der Waals surface area contributed by atoms with Crippen LogP contribution in [0.25, 0.3) is 0 Å². The van der Waals surface area contributed by atoms with Crippen molar-refractivity contribution in [3.63, 3.8) is 0 Å². The van der Waals surface area contributed by atoms with Crippen LogP contribution in [0.3, 0.4) is 0 Å². The van der Waals surface area contributed by atoms with E-state index in [1.54, 1.807) is 12.1 Å². The van der Waals surface area contributed by atoms with Crippen LogP contribution in [0.4, 0.5) is 5.69 Å². The molecule has 3 heteroatoms. The van der Waals surface area contributed by atoms with E-state index in [-0.39, 0.29) is 10.6 Å². The Hall–Kier alpha value is -1.38. The molecule has 3 nitrogen and oxygen atoms in total. The predicted molar refractivity (Wildman–Crippen MR) is 69.9 cm³/mol. The number of unbranched alkanes of at least 4 members (excludes halogenated alkanes) is 5. The van der Waals surface area contributed by atoms with E-state index in [0.29, 0.717) is 0 Å². The lowest BCUT2D eigenvalue weighted by Gasteiger charge is -2.01. The number of nitro groups is 1. The van der Waals surface area contributed by atoms with Crippen molar-refractivity contribution < 1.29 is 4.92 Å². The van der Waals surface area contributed by atoms with Crippen LogP contribution in [0, 0.1) is 17.0 Å². The summed E-state index contributed by atoms with van der Waals surface area (Å²) in [6.45, 7) is 3.82. The average molecular weight is 234 g/mol. The molecule has 0 aliphatic rings. The first-order chi connectivity index (χ1) is 8.24. The average Bonchev–Trinajstić information content (AvgIpc) is 2.34. The Balaban J connectivity index is 2.21. The molecule has 1 aromatic carbocycles. The summed E-state index contributed by atoms with van der Waals surface area (Å²) in [5.41, 5.74) is 1.36. The molecule has 1 aromatic rings. The van der Waals surface area contributed by atoms with Gasteiger partial charge in [-0.3, -0.25) is 10.1 Å². The molecule has 0 spiro atoms. The normalized spacial score (nSPS) is 10.4. The van der Waals surface area contributed by atoms with Crippen LogP contribution in [-0.2, 0) is 6.42 Å². The van der Waals surface area contributed by atoms with Gasteiger partial charge in [-0.05, 0) is 18.4 Å². The quantitative estimate of drug-likeness (QED) is 0.382. The lowest BCUT2D eigenvalue weighted by atomic mass is 10.0. The number of hydrogen-bond acceptors (Lipinski definition) is 2. The van der Waals surface area contributed by atoms with Gasteiger partial charge in [0.15, 0.2) is 0 Å². The molecule has 1 radical (unpaired) electrons. The second kappa shape index (κ2) is 7.82. The molecule has 0 atom stereocenters. The molecule has 0 aliphatic heterocycles. The molecule has 0 saturated heterocycles. The Morgan fingerprint density at radius 3 is 2.18 bits per heavy atom. The third-order valence-corrected chi connectivity index (χ3v) is 2.86. The van der Waals surface area contributed by atoms with E-state index >= 15 is 0 Å². The number of nitro benzene ring substituents is 1. The molecule has 0 amide bonds. The van der Waals surface area contributed by atoms with Gasteiger partial charge in [0.2, 0.25) is 0 Å². The number of hydrogen-bond donors (Lipinski definition) is 0. The topological polar surface area (TPSA) is 43.1 Å². The highest BCUT2D eigenvalue weighted by Gasteiger charge is 2.03. The van der Waals surface area contributed by atoms with Gasteiger partial charge in [0.25, 0.3) is 5.69 Å². The zero-order chi connectivity index (χ0) is 12.5. The lowest BCUT2D eigenvalue weighted by Crippen LogP contribution is -1.90. The van der Waals surface area contributed by atoms with E-state index in [2.05, 4.69) is 6.92 Å². The van der Waals surface area contributed by atoms with Crippen molar-refractivity contribution in [3.8, 4) is 0 Å². The number of aryl methyl sites for hydroxylation is 1. The van der Waals surface area contributed by atoms with E-state index in [4.69, 9.17) is 0 Å². The molecule has 0 bridgehead atoms. The van der Waals surface area contributed by atoms with Crippen LogP contribution in [-0.4, -0.2) is 4.92 Å². The summed E-state index contributed by atoms with van der Waals surface area (Å²) in [6.07, 6.45) is 8.19. The molecule has 0 N–H and O–H groups in total. The fourth-order valence-corrected chi connectivity index (χ4v) is 1.82. The maximum absolute atomic E-state index is 10.5. The zero-order valence-corrected chi connectivity index (χ0v) is 10.2. The molecule has 0 aliphatic carbocycles. The number of benzene rings is 1. The predicted octanol–water partition coefficient (Wildman–Crippen LogP) is 4.31. The smallest absolute Gasteiger partial charge is 0.258 e. The fraction of sp³-hybridized carbons (Fsp3) is 0.500. The van der Waals surface area contributed by atoms with Crippen LogP contribution in [0.2, 0.25) is 0 Å². The van der Waals surface area contributed by atoms with Gasteiger partial charge in [0.05, 0.1) is 4.92 Å². The van der Waals surface area contributed by atoms with Gasteiger partial charge in [-0.25, -0.2) is 0 Å². The first-order valence-electron chi connectivity index (χ1n) is 6.26. The molecular formula is C14H20NO2. The summed E-state index contributed by atoms with van der Waals surface area (Å²) in [6, 6.07) is 6.87. The van der Waals surface area contributed by atoms with E-state index in [1.807, 2.05) is 12.1 Å². The minimum absolute atomic E-state index is 0.171. The summed E-state index contributed by atoms with van der Waals surface area (Å²) < 4.78 is 0. The fourth-order valence-electron chi connectivity index (χ4n) is 1.82. The van der Waals surface area contributed by atoms with Gasteiger partial charge in [0, 0.05) is 12.1 Å². The van der Waals surface area contributed by atoms with Crippen LogP contribution < -0.4 is 0 Å². The van der Waals surface area contributed by atoms with Gasteiger partial charge in [0.1, 0.15) is 0 Å². The molecule has 0 aromatic heterocycles. The Kier molecular flexibility index (Phi) is 6.30. The minimum atomic E-state index is -0.359. The van der Waals surface area contributed by atoms with E-state index in [9.17, 15) is 10.1 Å². The summed E-state index contributed by atoms with van der Waals surface area (Å²) >= 11 is 0. The van der Waals surface area contributed by atoms with Crippen molar-refractivity contribution in [2.45, 2.75) is 44.9 Å². The van der Waals surface area contributed by atoms with Crippen LogP contribution >= 0.6 is 0 Å². The minimum Gasteiger partial charge on any atom is -0.258 e. The van der Waals surface area contributed by atoms with Crippen molar-refractivity contribution in [2.75, 3.05) is 0 Å². The van der Waals surface area contributed by atoms with Gasteiger partial charge in [-0.2, -0.15) is 0 Å². The Morgan fingerprint density at radius 2 is 1.59 bits per heavy atom. The Bertz CT molecular complexity index is 333. The van der Waals surface area contributed by atoms with E-state index in [1.165, 1.54) is 31.2 Å². The summed E-state index contributed by atoms with van der Waals surface area (Å²) in [4.78, 5) is 10.1. The summed E-state index contributed by atoms with van der Waals surface area (Å²) in [5, 5.41) is 10.5. The van der Waals surface area contributed by atoms with Gasteiger partial charge >= 0.3 is 0 Å². The number of non-ortho nitro benzene ring substituents is 1. The standard InChI is InChI=1S/C14H20NO2/c1-2-3-4-5-6-7-8-13-9-11-14(12-10-13)15(16)17/h9-12H,1-8H2. The van der Waals surface area contributed by atoms with Crippen molar-refractivity contribution in [3.05, 3.63) is 46.9 Å². The first-order valence-corrected chi connectivity index (χ1v) is 6.26. The van der Waals surface area contributed by atoms with Crippen molar-refractivity contribution >= 4 is 5.69 Å². The van der Waals surface area contributed by atoms with Gasteiger partial charge in [-0.1, -0.05) is 51.2 Å². The van der Waals surface area contributed by atoms with Crippen molar-refractivity contribution in [1.82, 2.24) is 0 Å². The van der Waals surface area contributed by atoms with Crippen molar-refractivity contribution in [2.24, 2.45) is 0 Å². The second-order valence-corrected chi connectivity index (χ2v) is 4.29. The molecule has 0 heterocycles. The SMILES string of the molecule is [CH2]CCCCCCCc1ccc([N+](=O)[O-])cc1. The first kappa shape index (κ1) is 13.7. The summed E-state index contributed by atoms with van der Waals surface area (Å²) in [5.74, 6) is 0. The van der Waals surface area contributed by atoms with Gasteiger partial charge in [-0.15, -0.1) is 0 Å². The number of rotatable bonds is 8. The Labute approximate surface area is 103 Å². The van der Waals surface area contributed by atoms with E-state index in [0.717, 1.165) is 19.3 Å². The van der Waals surface area contributed by atoms with E-state index < -0.39 is 0 Å². The highest BCUT2D eigenvalue weighted by atomic mass is 16.6. The lowest BCUT2D eigenvalue weighted by molar-refractivity contribution is -0.384. The highest BCUT2D eigenvalue weighted by molar-refractivity contribution is 5.32. The van der Waals surface area contributed by atoms with Crippen molar-refractivity contribution in [1.29, 1.82) is 0 Å². The molecule has 17 heavy (non-hydrogen) atoms.